The maximum absolute atomic E-state index is 11.3. The molecule has 1 N–H and O–H groups in total. The highest BCUT2D eigenvalue weighted by Gasteiger charge is 2.28. The zero-order chi connectivity index (χ0) is 12.0. The van der Waals surface area contributed by atoms with Gasteiger partial charge in [0, 0.05) is 25.9 Å². The standard InChI is InChI=1S/C11H21N3O2/c1-12-6-3-7-13(2)8-9-14-10(15)4-5-11(14)16/h12H,3-9H2,1-2H3. The minimum atomic E-state index is -0.0198. The van der Waals surface area contributed by atoms with Gasteiger partial charge in [-0.15, -0.1) is 0 Å². The molecule has 1 saturated heterocycles. The summed E-state index contributed by atoms with van der Waals surface area (Å²) in [4.78, 5) is 26.2. The van der Waals surface area contributed by atoms with Crippen molar-refractivity contribution in [3.8, 4) is 0 Å². The number of likely N-dealkylation sites (N-methyl/N-ethyl adjacent to an activating group) is 1. The molecule has 1 aliphatic rings. The Morgan fingerprint density at radius 1 is 1.25 bits per heavy atom. The molecular formula is C11H21N3O2. The number of nitrogens with zero attached hydrogens (tertiary/aromatic N) is 2. The van der Waals surface area contributed by atoms with E-state index in [1.807, 2.05) is 14.1 Å². The summed E-state index contributed by atoms with van der Waals surface area (Å²) in [5.74, 6) is -0.0396. The quantitative estimate of drug-likeness (QED) is 0.478. The Morgan fingerprint density at radius 3 is 2.44 bits per heavy atom. The van der Waals surface area contributed by atoms with E-state index in [1.165, 1.54) is 4.90 Å². The molecule has 5 heteroatoms. The second-order valence-corrected chi connectivity index (χ2v) is 4.20. The topological polar surface area (TPSA) is 52.6 Å². The van der Waals surface area contributed by atoms with Crippen LogP contribution in [0, 0.1) is 0 Å². The van der Waals surface area contributed by atoms with Crippen molar-refractivity contribution in [1.29, 1.82) is 0 Å². The number of likely N-dealkylation sites (tertiary alicyclic amines) is 1. The molecule has 5 nitrogen and oxygen atoms in total. The molecule has 0 spiro atoms. The molecule has 1 heterocycles. The third-order valence-corrected chi connectivity index (χ3v) is 2.83. The fourth-order valence-corrected chi connectivity index (χ4v) is 1.78. The highest BCUT2D eigenvalue weighted by molar-refractivity contribution is 6.01. The molecule has 0 bridgehead atoms. The van der Waals surface area contributed by atoms with Gasteiger partial charge in [-0.1, -0.05) is 0 Å². The number of carbonyl (C=O) groups excluding carboxylic acids is 2. The van der Waals surface area contributed by atoms with Gasteiger partial charge >= 0.3 is 0 Å². The molecule has 0 aromatic carbocycles. The van der Waals surface area contributed by atoms with E-state index >= 15 is 0 Å². The minimum Gasteiger partial charge on any atom is -0.320 e. The summed E-state index contributed by atoms with van der Waals surface area (Å²) in [6, 6.07) is 0. The summed E-state index contributed by atoms with van der Waals surface area (Å²) in [7, 11) is 3.95. The van der Waals surface area contributed by atoms with Gasteiger partial charge in [-0.05, 0) is 33.6 Å². The van der Waals surface area contributed by atoms with Gasteiger partial charge in [0.2, 0.25) is 11.8 Å². The van der Waals surface area contributed by atoms with Gasteiger partial charge in [0.05, 0.1) is 0 Å². The number of nitrogens with one attached hydrogen (secondary N) is 1. The van der Waals surface area contributed by atoms with Gasteiger partial charge in [0.15, 0.2) is 0 Å². The second-order valence-electron chi connectivity index (χ2n) is 4.20. The molecule has 0 atom stereocenters. The van der Waals surface area contributed by atoms with E-state index in [0.717, 1.165) is 26.1 Å². The lowest BCUT2D eigenvalue weighted by Crippen LogP contribution is -2.37. The molecule has 0 aromatic heterocycles. The molecule has 1 aliphatic heterocycles. The van der Waals surface area contributed by atoms with Crippen molar-refractivity contribution < 1.29 is 9.59 Å². The van der Waals surface area contributed by atoms with Crippen LogP contribution in [0.2, 0.25) is 0 Å². The van der Waals surface area contributed by atoms with Crippen molar-refractivity contribution in [1.82, 2.24) is 15.1 Å². The van der Waals surface area contributed by atoms with Crippen LogP contribution in [0.25, 0.3) is 0 Å². The second kappa shape index (κ2) is 6.60. The van der Waals surface area contributed by atoms with Crippen molar-refractivity contribution in [2.75, 3.05) is 40.3 Å². The fraction of sp³-hybridized carbons (Fsp3) is 0.818. The van der Waals surface area contributed by atoms with E-state index in [1.54, 1.807) is 0 Å². The molecule has 16 heavy (non-hydrogen) atoms. The predicted molar refractivity (Wildman–Crippen MR) is 62.0 cm³/mol. The summed E-state index contributed by atoms with van der Waals surface area (Å²) < 4.78 is 0. The van der Waals surface area contributed by atoms with Crippen molar-refractivity contribution in [3.05, 3.63) is 0 Å². The molecule has 1 rings (SSSR count). The Kier molecular flexibility index (Phi) is 5.42. The predicted octanol–water partition coefficient (Wildman–Crippen LogP) is -0.323. The van der Waals surface area contributed by atoms with Crippen molar-refractivity contribution >= 4 is 11.8 Å². The van der Waals surface area contributed by atoms with E-state index in [2.05, 4.69) is 10.2 Å². The number of hydrogen-bond donors (Lipinski definition) is 1. The van der Waals surface area contributed by atoms with Crippen LogP contribution in [0.5, 0.6) is 0 Å². The first-order valence-electron chi connectivity index (χ1n) is 5.81. The Labute approximate surface area is 96.8 Å². The molecular weight excluding hydrogens is 206 g/mol. The molecule has 92 valence electrons. The van der Waals surface area contributed by atoms with Gasteiger partial charge in [-0.25, -0.2) is 0 Å². The number of hydrogen-bond acceptors (Lipinski definition) is 4. The molecule has 0 unspecified atom stereocenters. The lowest BCUT2D eigenvalue weighted by molar-refractivity contribution is -0.138. The van der Waals surface area contributed by atoms with E-state index in [9.17, 15) is 9.59 Å². The first-order valence-corrected chi connectivity index (χ1v) is 5.81. The molecule has 0 radical (unpaired) electrons. The third-order valence-electron chi connectivity index (χ3n) is 2.83. The largest absolute Gasteiger partial charge is 0.320 e. The van der Waals surface area contributed by atoms with Crippen molar-refractivity contribution in [2.24, 2.45) is 0 Å². The summed E-state index contributed by atoms with van der Waals surface area (Å²) in [6.45, 7) is 3.28. The maximum atomic E-state index is 11.3. The Morgan fingerprint density at radius 2 is 1.88 bits per heavy atom. The Balaban J connectivity index is 2.18. The van der Waals surface area contributed by atoms with Gasteiger partial charge in [-0.3, -0.25) is 14.5 Å². The SMILES string of the molecule is CNCCCN(C)CCN1C(=O)CCC1=O. The van der Waals surface area contributed by atoms with Crippen LogP contribution < -0.4 is 5.32 Å². The third kappa shape index (κ3) is 3.90. The highest BCUT2D eigenvalue weighted by atomic mass is 16.2. The van der Waals surface area contributed by atoms with Crippen LogP contribution in [-0.2, 0) is 9.59 Å². The number of imide groups is 1. The average molecular weight is 227 g/mol. The molecule has 0 saturated carbocycles. The fourth-order valence-electron chi connectivity index (χ4n) is 1.78. The van der Waals surface area contributed by atoms with Crippen LogP contribution in [0.15, 0.2) is 0 Å². The highest BCUT2D eigenvalue weighted by Crippen LogP contribution is 2.10. The smallest absolute Gasteiger partial charge is 0.229 e. The summed E-state index contributed by atoms with van der Waals surface area (Å²) in [5.41, 5.74) is 0. The van der Waals surface area contributed by atoms with Crippen LogP contribution in [-0.4, -0.2) is 61.9 Å². The van der Waals surface area contributed by atoms with Gasteiger partial charge in [0.25, 0.3) is 0 Å². The Bertz CT molecular complexity index is 240. The van der Waals surface area contributed by atoms with Crippen LogP contribution in [0.1, 0.15) is 19.3 Å². The van der Waals surface area contributed by atoms with Gasteiger partial charge in [-0.2, -0.15) is 0 Å². The first kappa shape index (κ1) is 13.1. The number of rotatable bonds is 7. The maximum Gasteiger partial charge on any atom is 0.229 e. The summed E-state index contributed by atoms with van der Waals surface area (Å²) in [5, 5.41) is 3.09. The number of carbonyl (C=O) groups is 2. The monoisotopic (exact) mass is 227 g/mol. The van der Waals surface area contributed by atoms with Crippen molar-refractivity contribution in [3.63, 3.8) is 0 Å². The van der Waals surface area contributed by atoms with E-state index in [0.29, 0.717) is 19.4 Å². The molecule has 0 aliphatic carbocycles. The number of amides is 2. The molecule has 0 aromatic rings. The van der Waals surface area contributed by atoms with E-state index < -0.39 is 0 Å². The summed E-state index contributed by atoms with van der Waals surface area (Å²) in [6.07, 6.45) is 1.86. The van der Waals surface area contributed by atoms with E-state index in [-0.39, 0.29) is 11.8 Å². The zero-order valence-electron chi connectivity index (χ0n) is 10.2. The zero-order valence-corrected chi connectivity index (χ0v) is 10.2. The van der Waals surface area contributed by atoms with E-state index in [4.69, 9.17) is 0 Å². The lowest BCUT2D eigenvalue weighted by Gasteiger charge is -2.20. The molecule has 2 amide bonds. The van der Waals surface area contributed by atoms with Crippen LogP contribution in [0.4, 0.5) is 0 Å². The van der Waals surface area contributed by atoms with Crippen molar-refractivity contribution in [2.45, 2.75) is 19.3 Å². The Hall–Kier alpha value is -0.940. The van der Waals surface area contributed by atoms with Gasteiger partial charge in [0.1, 0.15) is 0 Å². The van der Waals surface area contributed by atoms with Crippen LogP contribution in [0.3, 0.4) is 0 Å². The minimum absolute atomic E-state index is 0.0198. The summed E-state index contributed by atoms with van der Waals surface area (Å²) >= 11 is 0. The van der Waals surface area contributed by atoms with Gasteiger partial charge < -0.3 is 10.2 Å². The van der Waals surface area contributed by atoms with Crippen LogP contribution >= 0.6 is 0 Å². The molecule has 1 fully saturated rings. The average Bonchev–Trinajstić information content (AvgIpc) is 2.57. The normalized spacial score (nSPS) is 16.6. The lowest BCUT2D eigenvalue weighted by atomic mass is 10.4. The first-order chi connectivity index (χ1) is 7.65.